The van der Waals surface area contributed by atoms with Crippen molar-refractivity contribution in [2.24, 2.45) is 0 Å². The molecular formula is C63H109NO13. The van der Waals surface area contributed by atoms with Crippen molar-refractivity contribution >= 4 is 5.91 Å². The largest absolute Gasteiger partial charge is 0.394 e. The highest BCUT2D eigenvalue weighted by molar-refractivity contribution is 5.76. The van der Waals surface area contributed by atoms with Crippen LogP contribution in [0.1, 0.15) is 213 Å². The molecule has 14 nitrogen and oxygen atoms in total. The van der Waals surface area contributed by atoms with Crippen molar-refractivity contribution in [1.82, 2.24) is 5.32 Å². The van der Waals surface area contributed by atoms with Gasteiger partial charge in [-0.2, -0.15) is 0 Å². The van der Waals surface area contributed by atoms with Gasteiger partial charge in [0.15, 0.2) is 12.6 Å². The number of aliphatic hydroxyl groups excluding tert-OH is 8. The molecule has 444 valence electrons. The summed E-state index contributed by atoms with van der Waals surface area (Å²) in [6.07, 6.45) is 47.6. The van der Waals surface area contributed by atoms with Crippen LogP contribution in [0, 0.1) is 0 Å². The van der Waals surface area contributed by atoms with E-state index in [1.54, 1.807) is 6.08 Å². The maximum absolute atomic E-state index is 13.3. The van der Waals surface area contributed by atoms with Gasteiger partial charge in [0.25, 0.3) is 0 Å². The van der Waals surface area contributed by atoms with Gasteiger partial charge in [0, 0.05) is 6.42 Å². The summed E-state index contributed by atoms with van der Waals surface area (Å²) in [4.78, 5) is 13.3. The standard InChI is InChI=1S/C63H109NO13/c1-3-5-7-9-11-13-15-17-19-21-23-25-26-27-29-31-33-35-37-39-41-43-45-47-55(68)64-51(52(67)46-44-42-40-38-36-34-32-30-28-24-22-20-18-16-14-12-10-8-6-4-2)50-74-62-60(73)58(71)61(54(49-66)76-62)77-63-59(72)57(70)56(69)53(48-65)75-63/h5,7,11,13,17,19,23,25,27,29,36,38,44,46,51-54,56-63,65-67,69-73H,3-4,6,8-10,12,14-16,18,20-22,24,26,28,30-35,37,39-43,45,47-50H2,1-2H3,(H,64,68)/b7-5-,13-11-,19-17-,25-23-,29-27-,38-36+,46-44+. The number of carbonyl (C=O) groups excluding carboxylic acids is 1. The first-order valence-corrected chi connectivity index (χ1v) is 30.3. The minimum Gasteiger partial charge on any atom is -0.394 e. The Balaban J connectivity index is 1.79. The Morgan fingerprint density at radius 2 is 0.909 bits per heavy atom. The molecule has 2 fully saturated rings. The van der Waals surface area contributed by atoms with Gasteiger partial charge in [-0.15, -0.1) is 0 Å². The van der Waals surface area contributed by atoms with Gasteiger partial charge in [0.05, 0.1) is 32.0 Å². The molecule has 0 aromatic carbocycles. The Bertz CT molecular complexity index is 1610. The van der Waals surface area contributed by atoms with Gasteiger partial charge in [-0.3, -0.25) is 4.79 Å². The van der Waals surface area contributed by atoms with Crippen molar-refractivity contribution in [3.63, 3.8) is 0 Å². The fraction of sp³-hybridized carbons (Fsp3) is 0.762. The number of allylic oxidation sites excluding steroid dienone is 13. The summed E-state index contributed by atoms with van der Waals surface area (Å²) < 4.78 is 22.8. The number of hydrogen-bond acceptors (Lipinski definition) is 13. The first-order chi connectivity index (χ1) is 37.6. The smallest absolute Gasteiger partial charge is 0.220 e. The van der Waals surface area contributed by atoms with Gasteiger partial charge in [-0.1, -0.05) is 214 Å². The fourth-order valence-corrected chi connectivity index (χ4v) is 9.45. The zero-order valence-corrected chi connectivity index (χ0v) is 47.7. The van der Waals surface area contributed by atoms with Crippen LogP contribution in [0.3, 0.4) is 0 Å². The molecule has 0 aromatic heterocycles. The third-order valence-corrected chi connectivity index (χ3v) is 14.3. The van der Waals surface area contributed by atoms with E-state index in [0.29, 0.717) is 12.8 Å². The zero-order chi connectivity index (χ0) is 56.0. The van der Waals surface area contributed by atoms with Crippen molar-refractivity contribution in [2.75, 3.05) is 19.8 Å². The second-order valence-electron chi connectivity index (χ2n) is 21.1. The quantitative estimate of drug-likeness (QED) is 0.0204. The molecule has 2 aliphatic rings. The Labute approximate surface area is 465 Å². The topological polar surface area (TPSA) is 228 Å². The Morgan fingerprint density at radius 1 is 0.481 bits per heavy atom. The Morgan fingerprint density at radius 3 is 1.43 bits per heavy atom. The Kier molecular flexibility index (Phi) is 43.7. The van der Waals surface area contributed by atoms with Gasteiger partial charge >= 0.3 is 0 Å². The van der Waals surface area contributed by atoms with Crippen molar-refractivity contribution in [3.05, 3.63) is 85.1 Å². The molecule has 2 saturated heterocycles. The minimum atomic E-state index is -1.80. The molecule has 0 bridgehead atoms. The first-order valence-electron chi connectivity index (χ1n) is 30.3. The predicted molar refractivity (Wildman–Crippen MR) is 309 cm³/mol. The van der Waals surface area contributed by atoms with Crippen LogP contribution in [0.5, 0.6) is 0 Å². The van der Waals surface area contributed by atoms with E-state index in [-0.39, 0.29) is 18.9 Å². The van der Waals surface area contributed by atoms with Crippen LogP contribution in [0.15, 0.2) is 85.1 Å². The van der Waals surface area contributed by atoms with Crippen molar-refractivity contribution in [2.45, 2.75) is 286 Å². The van der Waals surface area contributed by atoms with E-state index in [1.165, 1.54) is 96.3 Å². The van der Waals surface area contributed by atoms with Gasteiger partial charge in [0.2, 0.25) is 5.91 Å². The third-order valence-electron chi connectivity index (χ3n) is 14.3. The molecule has 14 heteroatoms. The zero-order valence-electron chi connectivity index (χ0n) is 47.7. The number of ether oxygens (including phenoxy) is 4. The van der Waals surface area contributed by atoms with Crippen LogP contribution in [-0.4, -0.2) is 140 Å². The second kappa shape index (κ2) is 47.9. The average Bonchev–Trinajstić information content (AvgIpc) is 3.44. The summed E-state index contributed by atoms with van der Waals surface area (Å²) in [7, 11) is 0. The van der Waals surface area contributed by atoms with Crippen molar-refractivity contribution in [3.8, 4) is 0 Å². The van der Waals surface area contributed by atoms with E-state index in [4.69, 9.17) is 18.9 Å². The lowest BCUT2D eigenvalue weighted by Gasteiger charge is -2.46. The van der Waals surface area contributed by atoms with Crippen LogP contribution >= 0.6 is 0 Å². The second-order valence-corrected chi connectivity index (χ2v) is 21.1. The molecule has 12 atom stereocenters. The Hall–Kier alpha value is -2.83. The number of nitrogens with one attached hydrogen (secondary N) is 1. The van der Waals surface area contributed by atoms with Crippen LogP contribution in [0.25, 0.3) is 0 Å². The van der Waals surface area contributed by atoms with E-state index in [1.807, 2.05) is 6.08 Å². The highest BCUT2D eigenvalue weighted by Gasteiger charge is 2.51. The maximum atomic E-state index is 13.3. The monoisotopic (exact) mass is 1090 g/mol. The number of amides is 1. The number of hydrogen-bond donors (Lipinski definition) is 9. The van der Waals surface area contributed by atoms with Crippen LogP contribution in [-0.2, 0) is 23.7 Å². The summed E-state index contributed by atoms with van der Waals surface area (Å²) in [5.41, 5.74) is 0. The van der Waals surface area contributed by atoms with Gasteiger partial charge < -0.3 is 65.1 Å². The van der Waals surface area contributed by atoms with E-state index >= 15 is 0 Å². The van der Waals surface area contributed by atoms with Crippen LogP contribution < -0.4 is 5.32 Å². The fourth-order valence-electron chi connectivity index (χ4n) is 9.45. The van der Waals surface area contributed by atoms with E-state index < -0.39 is 86.8 Å². The van der Waals surface area contributed by atoms with E-state index in [2.05, 4.69) is 92.1 Å². The number of rotatable bonds is 47. The van der Waals surface area contributed by atoms with E-state index in [9.17, 15) is 45.6 Å². The van der Waals surface area contributed by atoms with Crippen molar-refractivity contribution < 1.29 is 64.6 Å². The normalized spacial score (nSPS) is 25.3. The molecule has 9 N–H and O–H groups in total. The number of aliphatic hydroxyl groups is 8. The van der Waals surface area contributed by atoms with Gasteiger partial charge in [-0.05, 0) is 77.0 Å². The molecule has 77 heavy (non-hydrogen) atoms. The molecule has 0 radical (unpaired) electrons. The molecule has 2 rings (SSSR count). The molecule has 2 heterocycles. The van der Waals surface area contributed by atoms with Crippen LogP contribution in [0.4, 0.5) is 0 Å². The molecule has 1 amide bonds. The lowest BCUT2D eigenvalue weighted by Crippen LogP contribution is -2.65. The molecule has 0 saturated carbocycles. The molecule has 0 aliphatic carbocycles. The molecule has 2 aliphatic heterocycles. The number of carbonyl (C=O) groups is 1. The lowest BCUT2D eigenvalue weighted by molar-refractivity contribution is -0.359. The lowest BCUT2D eigenvalue weighted by atomic mass is 9.97. The van der Waals surface area contributed by atoms with E-state index in [0.717, 1.165) is 83.5 Å². The highest BCUT2D eigenvalue weighted by Crippen LogP contribution is 2.30. The predicted octanol–water partition coefficient (Wildman–Crippen LogP) is 10.5. The number of unbranched alkanes of at least 4 members (excludes halogenated alkanes) is 22. The summed E-state index contributed by atoms with van der Waals surface area (Å²) in [5, 5.41) is 87.1. The molecule has 0 aromatic rings. The summed E-state index contributed by atoms with van der Waals surface area (Å²) in [5.74, 6) is -0.263. The van der Waals surface area contributed by atoms with Crippen molar-refractivity contribution in [1.29, 1.82) is 0 Å². The third kappa shape index (κ3) is 33.5. The summed E-state index contributed by atoms with van der Waals surface area (Å²) in [6, 6.07) is -0.943. The molecular weight excluding hydrogens is 979 g/mol. The minimum absolute atomic E-state index is 0.256. The van der Waals surface area contributed by atoms with Crippen LogP contribution in [0.2, 0.25) is 0 Å². The van der Waals surface area contributed by atoms with Gasteiger partial charge in [-0.25, -0.2) is 0 Å². The maximum Gasteiger partial charge on any atom is 0.220 e. The average molecular weight is 1090 g/mol. The summed E-state index contributed by atoms with van der Waals surface area (Å²) >= 11 is 0. The van der Waals surface area contributed by atoms with Gasteiger partial charge in [0.1, 0.15) is 48.8 Å². The first kappa shape index (κ1) is 70.3. The molecule has 12 unspecified atom stereocenters. The molecule has 0 spiro atoms. The summed E-state index contributed by atoms with van der Waals surface area (Å²) in [6.45, 7) is 2.66. The SMILES string of the molecule is CC/C=C\C/C=C\C/C=C\C/C=C\C/C=C\CCCCCCCCCC(=O)NC(COC1OC(CO)C(OC2OC(CO)C(O)C(O)C2O)C(O)C1O)C(O)/C=C/CC/C=C/CCCCCCCCCCCCCCCC. The highest BCUT2D eigenvalue weighted by atomic mass is 16.7.